The minimum atomic E-state index is -0.284. The quantitative estimate of drug-likeness (QED) is 0.272. The van der Waals surface area contributed by atoms with Gasteiger partial charge in [0.05, 0.1) is 18.8 Å². The number of aryl methyl sites for hydroxylation is 1. The number of hydrogen-bond acceptors (Lipinski definition) is 5. The molecule has 0 aliphatic carbocycles. The van der Waals surface area contributed by atoms with Crippen molar-refractivity contribution in [2.45, 2.75) is 25.9 Å². The Bertz CT molecular complexity index is 1370. The van der Waals surface area contributed by atoms with Crippen LogP contribution in [0, 0.1) is 6.92 Å². The van der Waals surface area contributed by atoms with Gasteiger partial charge in [0.25, 0.3) is 5.91 Å². The molecule has 2 aromatic carbocycles. The Morgan fingerprint density at radius 2 is 1.97 bits per heavy atom. The van der Waals surface area contributed by atoms with Crippen LogP contribution >= 0.6 is 22.9 Å². The highest BCUT2D eigenvalue weighted by atomic mass is 35.5. The Kier molecular flexibility index (Phi) is 7.63. The number of furan rings is 1. The Morgan fingerprint density at radius 3 is 2.73 bits per heavy atom. The summed E-state index contributed by atoms with van der Waals surface area (Å²) in [5.74, 6) is 0.932. The van der Waals surface area contributed by atoms with E-state index in [0.29, 0.717) is 29.5 Å². The molecule has 190 valence electrons. The molecule has 37 heavy (non-hydrogen) atoms. The van der Waals surface area contributed by atoms with Crippen LogP contribution < -0.4 is 4.74 Å². The zero-order chi connectivity index (χ0) is 25.8. The smallest absolute Gasteiger partial charge is 0.254 e. The molecule has 3 heterocycles. The summed E-state index contributed by atoms with van der Waals surface area (Å²) in [6.07, 6.45) is 2.33. The van der Waals surface area contributed by atoms with Gasteiger partial charge in [0.15, 0.2) is 0 Å². The summed E-state index contributed by atoms with van der Waals surface area (Å²) in [7, 11) is 0. The van der Waals surface area contributed by atoms with Gasteiger partial charge in [-0.2, -0.15) is 0 Å². The zero-order valence-corrected chi connectivity index (χ0v) is 22.0. The molecule has 1 aliphatic rings. The number of carbonyl (C=O) groups is 2. The van der Waals surface area contributed by atoms with Crippen molar-refractivity contribution >= 4 is 34.8 Å². The fraction of sp³-hybridized carbons (Fsp3) is 0.241. The fourth-order valence-electron chi connectivity index (χ4n) is 4.53. The van der Waals surface area contributed by atoms with E-state index >= 15 is 0 Å². The van der Waals surface area contributed by atoms with Crippen molar-refractivity contribution in [3.05, 3.63) is 111 Å². The summed E-state index contributed by atoms with van der Waals surface area (Å²) in [4.78, 5) is 31.8. The van der Waals surface area contributed by atoms with E-state index in [9.17, 15) is 9.59 Å². The van der Waals surface area contributed by atoms with Crippen LogP contribution in [-0.4, -0.2) is 41.3 Å². The Labute approximate surface area is 225 Å². The van der Waals surface area contributed by atoms with Crippen molar-refractivity contribution in [2.75, 3.05) is 19.7 Å². The molecule has 1 atom stereocenters. The maximum absolute atomic E-state index is 13.8. The molecule has 2 aromatic heterocycles. The number of rotatable bonds is 8. The number of carbonyl (C=O) groups excluding carboxylic acids is 2. The molecule has 0 saturated carbocycles. The lowest BCUT2D eigenvalue weighted by Crippen LogP contribution is -2.47. The van der Waals surface area contributed by atoms with E-state index in [0.717, 1.165) is 23.3 Å². The molecule has 0 bridgehead atoms. The van der Waals surface area contributed by atoms with Gasteiger partial charge in [-0.25, -0.2) is 0 Å². The number of hydrogen-bond donors (Lipinski definition) is 0. The van der Waals surface area contributed by atoms with Crippen LogP contribution in [0.5, 0.6) is 5.75 Å². The zero-order valence-electron chi connectivity index (χ0n) is 20.4. The Hall–Kier alpha value is -3.55. The molecule has 1 aliphatic heterocycles. The van der Waals surface area contributed by atoms with E-state index in [4.69, 9.17) is 20.8 Å². The summed E-state index contributed by atoms with van der Waals surface area (Å²) in [6, 6.07) is 20.0. The standard InChI is InChI=1S/C29H27ClN2O4S/c1-20-7-9-23(10-8-20)36-19-26-25-12-15-37-27(25)11-13-32(26)28(33)18-31(17-24-6-3-14-35-24)29(34)21-4-2-5-22(30)16-21/h2-10,12,14-16,26H,11,13,17-19H2,1H3. The number of fused-ring (bicyclic) bond motifs is 1. The third-order valence-electron chi connectivity index (χ3n) is 6.46. The normalized spacial score (nSPS) is 14.8. The molecule has 0 radical (unpaired) electrons. The number of halogens is 1. The Morgan fingerprint density at radius 1 is 1.14 bits per heavy atom. The summed E-state index contributed by atoms with van der Waals surface area (Å²) in [5, 5.41) is 2.52. The molecular weight excluding hydrogens is 508 g/mol. The molecule has 0 fully saturated rings. The molecule has 6 nitrogen and oxygen atoms in total. The van der Waals surface area contributed by atoms with E-state index in [-0.39, 0.29) is 30.9 Å². The molecule has 0 saturated heterocycles. The summed E-state index contributed by atoms with van der Waals surface area (Å²) in [6.45, 7) is 3.01. The largest absolute Gasteiger partial charge is 0.491 e. The van der Waals surface area contributed by atoms with E-state index in [1.807, 2.05) is 36.1 Å². The molecule has 0 spiro atoms. The van der Waals surface area contributed by atoms with Crippen molar-refractivity contribution in [3.63, 3.8) is 0 Å². The first-order valence-corrected chi connectivity index (χ1v) is 13.4. The molecule has 5 rings (SSSR count). The molecule has 4 aromatic rings. The number of nitrogens with zero attached hydrogens (tertiary/aromatic N) is 2. The summed E-state index contributed by atoms with van der Waals surface area (Å²) >= 11 is 7.84. The van der Waals surface area contributed by atoms with Gasteiger partial charge in [-0.05, 0) is 72.8 Å². The van der Waals surface area contributed by atoms with Crippen LogP contribution in [-0.2, 0) is 17.8 Å². The van der Waals surface area contributed by atoms with Crippen molar-refractivity contribution in [2.24, 2.45) is 0 Å². The highest BCUT2D eigenvalue weighted by Crippen LogP contribution is 2.34. The fourth-order valence-corrected chi connectivity index (χ4v) is 5.65. The van der Waals surface area contributed by atoms with Crippen LogP contribution in [0.15, 0.2) is 82.8 Å². The van der Waals surface area contributed by atoms with Crippen LogP contribution in [0.3, 0.4) is 0 Å². The molecule has 0 N–H and O–H groups in total. The highest BCUT2D eigenvalue weighted by molar-refractivity contribution is 7.10. The van der Waals surface area contributed by atoms with Crippen LogP contribution in [0.1, 0.15) is 38.2 Å². The van der Waals surface area contributed by atoms with Gasteiger partial charge in [0.2, 0.25) is 5.91 Å². The highest BCUT2D eigenvalue weighted by Gasteiger charge is 2.34. The number of benzene rings is 2. The van der Waals surface area contributed by atoms with Crippen LogP contribution in [0.2, 0.25) is 5.02 Å². The van der Waals surface area contributed by atoms with Crippen molar-refractivity contribution < 1.29 is 18.7 Å². The predicted octanol–water partition coefficient (Wildman–Crippen LogP) is 6.15. The molecular formula is C29H27ClN2O4S. The number of amides is 2. The van der Waals surface area contributed by atoms with Gasteiger partial charge >= 0.3 is 0 Å². The molecule has 1 unspecified atom stereocenters. The van der Waals surface area contributed by atoms with Gasteiger partial charge in [-0.3, -0.25) is 9.59 Å². The minimum absolute atomic E-state index is 0.0907. The lowest BCUT2D eigenvalue weighted by Gasteiger charge is -2.37. The predicted molar refractivity (Wildman–Crippen MR) is 144 cm³/mol. The maximum Gasteiger partial charge on any atom is 0.254 e. The maximum atomic E-state index is 13.8. The van der Waals surface area contributed by atoms with Crippen molar-refractivity contribution in [1.82, 2.24) is 9.80 Å². The lowest BCUT2D eigenvalue weighted by atomic mass is 10.0. The summed E-state index contributed by atoms with van der Waals surface area (Å²) in [5.41, 5.74) is 2.68. The van der Waals surface area contributed by atoms with E-state index in [1.165, 1.54) is 9.78 Å². The SMILES string of the molecule is Cc1ccc(OCC2c3ccsc3CCN2C(=O)CN(Cc2ccco2)C(=O)c2cccc(Cl)c2)cc1. The average molecular weight is 535 g/mol. The second-order valence-corrected chi connectivity index (χ2v) is 10.5. The second kappa shape index (κ2) is 11.2. The van der Waals surface area contributed by atoms with Gasteiger partial charge in [0, 0.05) is 22.0 Å². The third kappa shape index (κ3) is 5.89. The first kappa shape index (κ1) is 25.1. The lowest BCUT2D eigenvalue weighted by molar-refractivity contribution is -0.135. The van der Waals surface area contributed by atoms with E-state index < -0.39 is 0 Å². The number of thiophene rings is 1. The van der Waals surface area contributed by atoms with Gasteiger partial charge < -0.3 is 19.0 Å². The minimum Gasteiger partial charge on any atom is -0.491 e. The van der Waals surface area contributed by atoms with E-state index in [1.54, 1.807) is 54.0 Å². The average Bonchev–Trinajstić information content (AvgIpc) is 3.59. The molecule has 8 heteroatoms. The third-order valence-corrected chi connectivity index (χ3v) is 7.69. The van der Waals surface area contributed by atoms with Gasteiger partial charge in [-0.1, -0.05) is 35.4 Å². The van der Waals surface area contributed by atoms with Gasteiger partial charge in [0.1, 0.15) is 24.7 Å². The number of ether oxygens (including phenoxy) is 1. The van der Waals surface area contributed by atoms with Crippen molar-refractivity contribution in [1.29, 1.82) is 0 Å². The topological polar surface area (TPSA) is 63.0 Å². The van der Waals surface area contributed by atoms with Crippen LogP contribution in [0.4, 0.5) is 0 Å². The molecule has 2 amide bonds. The van der Waals surface area contributed by atoms with Crippen molar-refractivity contribution in [3.8, 4) is 5.75 Å². The van der Waals surface area contributed by atoms with Gasteiger partial charge in [-0.15, -0.1) is 11.3 Å². The first-order chi connectivity index (χ1) is 18.0. The second-order valence-electron chi connectivity index (χ2n) is 9.03. The summed E-state index contributed by atoms with van der Waals surface area (Å²) < 4.78 is 11.6. The first-order valence-electron chi connectivity index (χ1n) is 12.1. The Balaban J connectivity index is 1.37. The van der Waals surface area contributed by atoms with E-state index in [2.05, 4.69) is 11.4 Å². The monoisotopic (exact) mass is 534 g/mol. The van der Waals surface area contributed by atoms with Crippen LogP contribution in [0.25, 0.3) is 0 Å².